The van der Waals surface area contributed by atoms with Gasteiger partial charge >= 0.3 is 41.7 Å². The largest absolute Gasteiger partial charge is 1.00 e. The summed E-state index contributed by atoms with van der Waals surface area (Å²) in [6, 6.07) is 3.81. The third-order valence-electron chi connectivity index (χ3n) is 4.31. The number of hydrogen-bond donors (Lipinski definition) is 0. The molecule has 2 heterocycles. The predicted octanol–water partition coefficient (Wildman–Crippen LogP) is -1.04. The van der Waals surface area contributed by atoms with Crippen molar-refractivity contribution in [2.75, 3.05) is 6.61 Å². The Bertz CT molecular complexity index is 1180. The average Bonchev–Trinajstić information content (AvgIpc) is 2.96. The number of esters is 1. The smallest absolute Gasteiger partial charge is 0.464 e. The zero-order chi connectivity index (χ0) is 21.5. The molecule has 3 rings (SSSR count). The van der Waals surface area contributed by atoms with Gasteiger partial charge in [-0.3, -0.25) is 14.3 Å². The molecule has 1 unspecified atom stereocenters. The Balaban J connectivity index is 0.00000320. The first kappa shape index (κ1) is 23.9. The quantitative estimate of drug-likeness (QED) is 0.386. The van der Waals surface area contributed by atoms with E-state index in [1.807, 2.05) is 0 Å². The molecular weight excluding hydrogens is 416 g/mol. The molecule has 0 bridgehead atoms. The molecule has 2 aromatic heterocycles. The van der Waals surface area contributed by atoms with Gasteiger partial charge in [-0.1, -0.05) is 12.1 Å². The molecule has 0 spiro atoms. The molecule has 1 aromatic carbocycles. The van der Waals surface area contributed by atoms with E-state index in [4.69, 9.17) is 4.74 Å². The van der Waals surface area contributed by atoms with Crippen LogP contribution in [-0.4, -0.2) is 26.9 Å². The van der Waals surface area contributed by atoms with Crippen LogP contribution in [0.2, 0.25) is 0 Å². The van der Waals surface area contributed by atoms with E-state index < -0.39 is 35.1 Å². The number of alkyl halides is 3. The maximum atomic E-state index is 12.8. The molecule has 0 radical (unpaired) electrons. The molecule has 0 amide bonds. The fourth-order valence-corrected chi connectivity index (χ4v) is 2.93. The number of fused-ring (bicyclic) bond motifs is 1. The molecule has 0 saturated heterocycles. The van der Waals surface area contributed by atoms with Gasteiger partial charge in [0.15, 0.2) is 11.2 Å². The van der Waals surface area contributed by atoms with Crippen LogP contribution in [-0.2, 0) is 15.7 Å². The number of aromatic nitrogens is 4. The minimum atomic E-state index is -4.91. The number of rotatable bonds is 4. The van der Waals surface area contributed by atoms with E-state index in [-0.39, 0.29) is 47.9 Å². The van der Waals surface area contributed by atoms with Crippen molar-refractivity contribution in [1.29, 1.82) is 0 Å². The van der Waals surface area contributed by atoms with Gasteiger partial charge in [-0.05, 0) is 38.6 Å². The van der Waals surface area contributed by atoms with E-state index in [0.717, 1.165) is 0 Å². The van der Waals surface area contributed by atoms with Gasteiger partial charge in [-0.15, -0.1) is 0 Å². The SMILES string of the molecule is CCOC(=O)C(C)n1nc(C)c2ccc(-n3c(=O)cc(C(F)(F)F)[n-]c3=O)cc21.[Na+]. The zero-order valence-corrected chi connectivity index (χ0v) is 18.6. The van der Waals surface area contributed by atoms with Crippen LogP contribution in [0.4, 0.5) is 13.2 Å². The van der Waals surface area contributed by atoms with Crippen LogP contribution in [0, 0.1) is 6.92 Å². The first-order valence-electron chi connectivity index (χ1n) is 8.58. The van der Waals surface area contributed by atoms with Crippen LogP contribution < -0.4 is 45.8 Å². The zero-order valence-electron chi connectivity index (χ0n) is 16.6. The summed E-state index contributed by atoms with van der Waals surface area (Å²) in [5, 5.41) is 4.95. The molecule has 0 fully saturated rings. The summed E-state index contributed by atoms with van der Waals surface area (Å²) in [5.41, 5.74) is -3.08. The summed E-state index contributed by atoms with van der Waals surface area (Å²) in [4.78, 5) is 39.4. The molecule has 30 heavy (non-hydrogen) atoms. The molecule has 3 aromatic rings. The van der Waals surface area contributed by atoms with Crippen LogP contribution in [0.5, 0.6) is 0 Å². The fourth-order valence-electron chi connectivity index (χ4n) is 2.93. The van der Waals surface area contributed by atoms with E-state index >= 15 is 0 Å². The maximum absolute atomic E-state index is 12.8. The molecule has 0 aliphatic carbocycles. The second-order valence-corrected chi connectivity index (χ2v) is 6.25. The van der Waals surface area contributed by atoms with Crippen LogP contribution in [0.15, 0.2) is 33.9 Å². The number of benzene rings is 1. The fraction of sp³-hybridized carbons (Fsp3) is 0.333. The summed E-state index contributed by atoms with van der Waals surface area (Å²) in [6.07, 6.45) is -4.91. The monoisotopic (exact) mass is 432 g/mol. The Kier molecular flexibility index (Phi) is 7.00. The standard InChI is InChI=1S/C18H17F3N4O4.Na/c1-4-29-16(27)10(3)25-13-7-11(5-6-12(13)9(2)23-25)24-15(26)8-14(18(19,20)21)22-17(24)28;/h5-8,10H,4H2,1-3H3,(H,22,26,28);/q;+1/p-1. The summed E-state index contributed by atoms with van der Waals surface area (Å²) >= 11 is 0. The number of halogens is 3. The number of ether oxygens (including phenoxy) is 1. The number of carbonyl (C=O) groups excluding carboxylic acids is 1. The van der Waals surface area contributed by atoms with Crippen molar-refractivity contribution in [3.63, 3.8) is 0 Å². The number of nitrogens with zero attached hydrogens (tertiary/aromatic N) is 4. The topological polar surface area (TPSA) is 97.3 Å². The average molecular weight is 432 g/mol. The maximum Gasteiger partial charge on any atom is 1.00 e. The molecule has 0 aliphatic heterocycles. The Morgan fingerprint density at radius 3 is 2.50 bits per heavy atom. The Hall–Kier alpha value is -2.37. The van der Waals surface area contributed by atoms with Gasteiger partial charge in [0.2, 0.25) is 0 Å². The summed E-state index contributed by atoms with van der Waals surface area (Å²) in [5.74, 6) is -0.528. The van der Waals surface area contributed by atoms with Crippen molar-refractivity contribution in [1.82, 2.24) is 19.3 Å². The minimum absolute atomic E-state index is 0. The van der Waals surface area contributed by atoms with E-state index in [2.05, 4.69) is 10.1 Å². The number of aryl methyl sites for hydroxylation is 1. The molecule has 0 saturated carbocycles. The first-order valence-corrected chi connectivity index (χ1v) is 8.58. The van der Waals surface area contributed by atoms with Crippen LogP contribution in [0.1, 0.15) is 31.3 Å². The third-order valence-corrected chi connectivity index (χ3v) is 4.31. The Labute approximate surface area is 189 Å². The van der Waals surface area contributed by atoms with Gasteiger partial charge < -0.3 is 14.3 Å². The van der Waals surface area contributed by atoms with Crippen LogP contribution in [0.3, 0.4) is 0 Å². The van der Waals surface area contributed by atoms with Crippen molar-refractivity contribution in [2.24, 2.45) is 0 Å². The van der Waals surface area contributed by atoms with Gasteiger partial charge in [-0.2, -0.15) is 18.3 Å². The van der Waals surface area contributed by atoms with Gasteiger partial charge in [0, 0.05) is 11.1 Å². The molecule has 154 valence electrons. The normalized spacial score (nSPS) is 12.5. The van der Waals surface area contributed by atoms with E-state index in [0.29, 0.717) is 21.2 Å². The first-order chi connectivity index (χ1) is 13.5. The summed E-state index contributed by atoms with van der Waals surface area (Å²) in [6.45, 7) is 5.12. The van der Waals surface area contributed by atoms with E-state index in [9.17, 15) is 27.6 Å². The summed E-state index contributed by atoms with van der Waals surface area (Å²) < 4.78 is 45.2. The van der Waals surface area contributed by atoms with E-state index in [1.54, 1.807) is 26.8 Å². The van der Waals surface area contributed by atoms with E-state index in [1.165, 1.54) is 16.8 Å². The van der Waals surface area contributed by atoms with Crippen molar-refractivity contribution in [3.8, 4) is 5.69 Å². The second kappa shape index (κ2) is 8.78. The van der Waals surface area contributed by atoms with Gasteiger partial charge in [0.05, 0.1) is 17.8 Å². The second-order valence-electron chi connectivity index (χ2n) is 6.25. The predicted molar refractivity (Wildman–Crippen MR) is 96.0 cm³/mol. The molecule has 0 aliphatic rings. The molecular formula is C18H16F3N4NaO4. The summed E-state index contributed by atoms with van der Waals surface area (Å²) in [7, 11) is 0. The third kappa shape index (κ3) is 4.37. The van der Waals surface area contributed by atoms with Crippen molar-refractivity contribution >= 4 is 16.9 Å². The van der Waals surface area contributed by atoms with Gasteiger partial charge in [-0.25, -0.2) is 4.79 Å². The molecule has 1 atom stereocenters. The minimum Gasteiger partial charge on any atom is -0.464 e. The van der Waals surface area contributed by atoms with Crippen LogP contribution in [0.25, 0.3) is 16.6 Å². The van der Waals surface area contributed by atoms with Gasteiger partial charge in [0.1, 0.15) is 6.04 Å². The number of hydrogen-bond acceptors (Lipinski definition) is 5. The molecule has 0 N–H and O–H groups in total. The van der Waals surface area contributed by atoms with Gasteiger partial charge in [0.25, 0.3) is 0 Å². The van der Waals surface area contributed by atoms with Crippen molar-refractivity contribution in [2.45, 2.75) is 33.0 Å². The molecule has 8 nitrogen and oxygen atoms in total. The number of carbonyl (C=O) groups is 1. The Morgan fingerprint density at radius 1 is 1.27 bits per heavy atom. The molecule has 12 heteroatoms. The van der Waals surface area contributed by atoms with Crippen LogP contribution >= 0.6 is 0 Å². The van der Waals surface area contributed by atoms with Crippen molar-refractivity contribution < 1.29 is 52.3 Å². The Morgan fingerprint density at radius 2 is 1.93 bits per heavy atom. The van der Waals surface area contributed by atoms with Crippen molar-refractivity contribution in [3.05, 3.63) is 56.5 Å².